The number of nitrogen functional groups attached to an aromatic ring is 1. The fourth-order valence-electron chi connectivity index (χ4n) is 2.23. The molecule has 0 radical (unpaired) electrons. The zero-order chi connectivity index (χ0) is 9.54. The number of anilines is 1. The summed E-state index contributed by atoms with van der Waals surface area (Å²) in [6.45, 7) is 4.46. The lowest BCUT2D eigenvalue weighted by Crippen LogP contribution is -2.55. The van der Waals surface area contributed by atoms with E-state index in [0.717, 1.165) is 37.9 Å². The van der Waals surface area contributed by atoms with E-state index in [1.807, 2.05) is 6.07 Å². The van der Waals surface area contributed by atoms with Crippen LogP contribution in [-0.4, -0.2) is 24.0 Å². The van der Waals surface area contributed by atoms with E-state index in [-0.39, 0.29) is 0 Å². The van der Waals surface area contributed by atoms with Crippen molar-refractivity contribution in [1.82, 2.24) is 10.2 Å². The molecule has 3 rings (SSSR count). The summed E-state index contributed by atoms with van der Waals surface area (Å²) in [5.41, 5.74) is 9.52. The van der Waals surface area contributed by atoms with Gasteiger partial charge in [-0.25, -0.2) is 0 Å². The molecular weight excluding hydrogens is 174 g/mol. The van der Waals surface area contributed by atoms with E-state index in [1.165, 1.54) is 11.1 Å². The highest BCUT2D eigenvalue weighted by molar-refractivity contribution is 5.46. The Labute approximate surface area is 83.9 Å². The van der Waals surface area contributed by atoms with Gasteiger partial charge in [0.1, 0.15) is 0 Å². The fraction of sp³-hybridized carbons (Fsp3) is 0.455. The molecule has 0 atom stereocenters. The molecule has 0 aliphatic carbocycles. The van der Waals surface area contributed by atoms with E-state index >= 15 is 0 Å². The third-order valence-electron chi connectivity index (χ3n) is 3.25. The number of hydrogen-bond acceptors (Lipinski definition) is 3. The average Bonchev–Trinajstić information content (AvgIpc) is 2.43. The molecule has 0 saturated carbocycles. The van der Waals surface area contributed by atoms with Gasteiger partial charge in [0.15, 0.2) is 0 Å². The summed E-state index contributed by atoms with van der Waals surface area (Å²) in [5.74, 6) is 0. The van der Waals surface area contributed by atoms with Gasteiger partial charge < -0.3 is 11.1 Å². The minimum Gasteiger partial charge on any atom is -0.399 e. The van der Waals surface area contributed by atoms with Crippen molar-refractivity contribution in [3.63, 3.8) is 0 Å². The van der Waals surface area contributed by atoms with Crippen molar-refractivity contribution in [3.8, 4) is 0 Å². The molecule has 1 fully saturated rings. The van der Waals surface area contributed by atoms with Crippen molar-refractivity contribution >= 4 is 5.69 Å². The summed E-state index contributed by atoms with van der Waals surface area (Å²) >= 11 is 0. The molecule has 3 heteroatoms. The monoisotopic (exact) mass is 189 g/mol. The molecule has 1 aromatic carbocycles. The van der Waals surface area contributed by atoms with Crippen LogP contribution in [0.2, 0.25) is 0 Å². The maximum atomic E-state index is 5.77. The second-order valence-corrected chi connectivity index (χ2v) is 4.25. The van der Waals surface area contributed by atoms with Crippen LogP contribution in [0.1, 0.15) is 11.1 Å². The van der Waals surface area contributed by atoms with Gasteiger partial charge in [0.2, 0.25) is 0 Å². The third kappa shape index (κ3) is 1.21. The van der Waals surface area contributed by atoms with E-state index in [2.05, 4.69) is 22.3 Å². The zero-order valence-electron chi connectivity index (χ0n) is 8.16. The highest BCUT2D eigenvalue weighted by Gasteiger charge is 2.29. The lowest BCUT2D eigenvalue weighted by molar-refractivity contribution is 0.145. The van der Waals surface area contributed by atoms with Gasteiger partial charge in [-0.3, -0.25) is 4.90 Å². The Morgan fingerprint density at radius 1 is 1.21 bits per heavy atom. The van der Waals surface area contributed by atoms with Crippen molar-refractivity contribution in [2.75, 3.05) is 18.8 Å². The predicted octanol–water partition coefficient (Wildman–Crippen LogP) is 0.556. The van der Waals surface area contributed by atoms with Crippen LogP contribution >= 0.6 is 0 Å². The Hall–Kier alpha value is -1.06. The van der Waals surface area contributed by atoms with Gasteiger partial charge in [-0.15, -0.1) is 0 Å². The zero-order valence-corrected chi connectivity index (χ0v) is 8.16. The van der Waals surface area contributed by atoms with E-state index in [1.54, 1.807) is 0 Å². The van der Waals surface area contributed by atoms with E-state index in [0.29, 0.717) is 0 Å². The van der Waals surface area contributed by atoms with Crippen LogP contribution in [0.5, 0.6) is 0 Å². The quantitative estimate of drug-likeness (QED) is 0.634. The van der Waals surface area contributed by atoms with Gasteiger partial charge in [0, 0.05) is 37.9 Å². The molecule has 3 nitrogen and oxygen atoms in total. The van der Waals surface area contributed by atoms with Crippen LogP contribution in [0.4, 0.5) is 5.69 Å². The highest BCUT2D eigenvalue weighted by atomic mass is 15.2. The van der Waals surface area contributed by atoms with Crippen LogP contribution in [0.15, 0.2) is 18.2 Å². The first kappa shape index (κ1) is 8.26. The molecule has 14 heavy (non-hydrogen) atoms. The minimum atomic E-state index is 0.739. The third-order valence-corrected chi connectivity index (χ3v) is 3.25. The summed E-state index contributed by atoms with van der Waals surface area (Å²) in [7, 11) is 0. The first-order chi connectivity index (χ1) is 6.83. The first-order valence-corrected chi connectivity index (χ1v) is 5.15. The summed E-state index contributed by atoms with van der Waals surface area (Å²) in [6.07, 6.45) is 0. The van der Waals surface area contributed by atoms with Crippen LogP contribution in [0, 0.1) is 0 Å². The lowest BCUT2D eigenvalue weighted by Gasteiger charge is -2.35. The van der Waals surface area contributed by atoms with Crippen LogP contribution < -0.4 is 11.1 Å². The van der Waals surface area contributed by atoms with Gasteiger partial charge in [-0.05, 0) is 23.3 Å². The Kier molecular flexibility index (Phi) is 1.75. The normalized spacial score (nSPS) is 22.0. The number of nitrogens with zero attached hydrogens (tertiary/aromatic N) is 1. The predicted molar refractivity (Wildman–Crippen MR) is 56.8 cm³/mol. The van der Waals surface area contributed by atoms with E-state index in [9.17, 15) is 0 Å². The molecule has 74 valence electrons. The fourth-order valence-corrected chi connectivity index (χ4v) is 2.23. The smallest absolute Gasteiger partial charge is 0.0352 e. The molecule has 0 unspecified atom stereocenters. The molecular formula is C11H15N3. The molecule has 3 N–H and O–H groups in total. The molecule has 1 saturated heterocycles. The number of fused-ring (bicyclic) bond motifs is 1. The molecule has 2 heterocycles. The van der Waals surface area contributed by atoms with Crippen molar-refractivity contribution in [2.24, 2.45) is 0 Å². The Bertz CT molecular complexity index is 358. The standard InChI is InChI=1S/C11H15N3/c12-10-2-1-8-6-14(7-9(8)3-10)11-4-13-5-11/h1-3,11,13H,4-7,12H2. The molecule has 1 aromatic rings. The largest absolute Gasteiger partial charge is 0.399 e. The van der Waals surface area contributed by atoms with Gasteiger partial charge in [-0.1, -0.05) is 6.07 Å². The van der Waals surface area contributed by atoms with Gasteiger partial charge in [0.25, 0.3) is 0 Å². The summed E-state index contributed by atoms with van der Waals surface area (Å²) < 4.78 is 0. The first-order valence-electron chi connectivity index (χ1n) is 5.15. The van der Waals surface area contributed by atoms with E-state index in [4.69, 9.17) is 5.73 Å². The van der Waals surface area contributed by atoms with Crippen LogP contribution in [0.25, 0.3) is 0 Å². The summed E-state index contributed by atoms with van der Waals surface area (Å²) in [5, 5.41) is 3.31. The second-order valence-electron chi connectivity index (χ2n) is 4.25. The molecule has 0 spiro atoms. The van der Waals surface area contributed by atoms with E-state index < -0.39 is 0 Å². The SMILES string of the molecule is Nc1ccc2c(c1)CN(C1CNC1)C2. The Balaban J connectivity index is 1.82. The number of nitrogens with two attached hydrogens (primary N) is 1. The van der Waals surface area contributed by atoms with Crippen LogP contribution in [-0.2, 0) is 13.1 Å². The number of benzene rings is 1. The number of nitrogens with one attached hydrogen (secondary N) is 1. The molecule has 0 bridgehead atoms. The molecule has 0 aromatic heterocycles. The number of rotatable bonds is 1. The molecule has 2 aliphatic heterocycles. The van der Waals surface area contributed by atoms with Crippen molar-refractivity contribution in [1.29, 1.82) is 0 Å². The Morgan fingerprint density at radius 3 is 2.71 bits per heavy atom. The van der Waals surface area contributed by atoms with Gasteiger partial charge >= 0.3 is 0 Å². The minimum absolute atomic E-state index is 0.739. The average molecular weight is 189 g/mol. The maximum absolute atomic E-state index is 5.77. The van der Waals surface area contributed by atoms with Crippen molar-refractivity contribution < 1.29 is 0 Å². The van der Waals surface area contributed by atoms with Crippen molar-refractivity contribution in [3.05, 3.63) is 29.3 Å². The van der Waals surface area contributed by atoms with Gasteiger partial charge in [0.05, 0.1) is 0 Å². The van der Waals surface area contributed by atoms with Gasteiger partial charge in [-0.2, -0.15) is 0 Å². The lowest BCUT2D eigenvalue weighted by atomic mass is 10.1. The molecule has 0 amide bonds. The Morgan fingerprint density at radius 2 is 2.00 bits per heavy atom. The summed E-state index contributed by atoms with van der Waals surface area (Å²) in [6, 6.07) is 7.02. The summed E-state index contributed by atoms with van der Waals surface area (Å²) in [4.78, 5) is 2.53. The molecule has 2 aliphatic rings. The van der Waals surface area contributed by atoms with Crippen LogP contribution in [0.3, 0.4) is 0 Å². The van der Waals surface area contributed by atoms with Crippen molar-refractivity contribution in [2.45, 2.75) is 19.1 Å². The second kappa shape index (κ2) is 2.97. The maximum Gasteiger partial charge on any atom is 0.0352 e. The highest BCUT2D eigenvalue weighted by Crippen LogP contribution is 2.26. The topological polar surface area (TPSA) is 41.3 Å². The number of hydrogen-bond donors (Lipinski definition) is 2.